The van der Waals surface area contributed by atoms with E-state index in [-0.39, 0.29) is 11.8 Å². The number of hydrogen-bond acceptors (Lipinski definition) is 3. The number of rotatable bonds is 6. The number of nitrogens with zero attached hydrogens (tertiary/aromatic N) is 2. The Balaban J connectivity index is 1.24. The molecule has 2 aliphatic heterocycles. The summed E-state index contributed by atoms with van der Waals surface area (Å²) in [5, 5.41) is 3.14. The zero-order chi connectivity index (χ0) is 20.9. The zero-order valence-electron chi connectivity index (χ0n) is 17.2. The van der Waals surface area contributed by atoms with E-state index >= 15 is 0 Å². The summed E-state index contributed by atoms with van der Waals surface area (Å²) in [6.07, 6.45) is 2.91. The first kappa shape index (κ1) is 20.8. The molecule has 2 heterocycles. The van der Waals surface area contributed by atoms with E-state index in [9.17, 15) is 13.6 Å². The SMILES string of the molecule is O=C(NC[C@@H]1CCN(c2ccc(F)c(F)c2)C1)[C@H]1CCCN(Cc2ccccc2)C1. The molecule has 0 spiro atoms. The quantitative estimate of drug-likeness (QED) is 0.782. The van der Waals surface area contributed by atoms with Crippen LogP contribution in [0.5, 0.6) is 0 Å². The Labute approximate surface area is 176 Å². The average Bonchev–Trinajstić information content (AvgIpc) is 3.24. The molecule has 1 amide bonds. The lowest BCUT2D eigenvalue weighted by atomic mass is 9.96. The average molecular weight is 414 g/mol. The van der Waals surface area contributed by atoms with Gasteiger partial charge in [-0.05, 0) is 49.4 Å². The van der Waals surface area contributed by atoms with Gasteiger partial charge in [0.05, 0.1) is 5.92 Å². The van der Waals surface area contributed by atoms with Gasteiger partial charge in [0.1, 0.15) is 0 Å². The van der Waals surface area contributed by atoms with E-state index in [0.29, 0.717) is 18.2 Å². The van der Waals surface area contributed by atoms with Crippen LogP contribution in [0.25, 0.3) is 0 Å². The standard InChI is InChI=1S/C24H29F2N3O/c25-22-9-8-21(13-23(22)26)29-12-10-19(16-29)14-27-24(30)20-7-4-11-28(17-20)15-18-5-2-1-3-6-18/h1-3,5-6,8-9,13,19-20H,4,7,10-12,14-17H2,(H,27,30)/t19-,20-/m0/s1. The van der Waals surface area contributed by atoms with Crippen molar-refractivity contribution < 1.29 is 13.6 Å². The van der Waals surface area contributed by atoms with Gasteiger partial charge in [0, 0.05) is 44.5 Å². The van der Waals surface area contributed by atoms with E-state index in [1.165, 1.54) is 17.7 Å². The molecule has 0 aliphatic carbocycles. The maximum Gasteiger partial charge on any atom is 0.224 e. The number of nitrogens with one attached hydrogen (secondary N) is 1. The van der Waals surface area contributed by atoms with Crippen molar-refractivity contribution in [3.8, 4) is 0 Å². The third-order valence-corrected chi connectivity index (χ3v) is 6.24. The minimum absolute atomic E-state index is 0.0335. The van der Waals surface area contributed by atoms with Crippen LogP contribution >= 0.6 is 0 Å². The van der Waals surface area contributed by atoms with Crippen LogP contribution in [-0.4, -0.2) is 43.5 Å². The van der Waals surface area contributed by atoms with Crippen molar-refractivity contribution in [1.82, 2.24) is 10.2 Å². The normalized spacial score (nSPS) is 22.3. The molecule has 0 saturated carbocycles. The van der Waals surface area contributed by atoms with Crippen LogP contribution in [-0.2, 0) is 11.3 Å². The van der Waals surface area contributed by atoms with E-state index in [2.05, 4.69) is 39.4 Å². The molecule has 2 atom stereocenters. The number of hydrogen-bond donors (Lipinski definition) is 1. The molecule has 2 aromatic carbocycles. The van der Waals surface area contributed by atoms with Crippen LogP contribution in [0.15, 0.2) is 48.5 Å². The molecule has 4 rings (SSSR count). The number of anilines is 1. The Morgan fingerprint density at radius 2 is 1.83 bits per heavy atom. The van der Waals surface area contributed by atoms with Crippen molar-refractivity contribution in [2.45, 2.75) is 25.8 Å². The van der Waals surface area contributed by atoms with Crippen LogP contribution in [0.2, 0.25) is 0 Å². The second-order valence-corrected chi connectivity index (χ2v) is 8.50. The maximum absolute atomic E-state index is 13.5. The summed E-state index contributed by atoms with van der Waals surface area (Å²) >= 11 is 0. The Morgan fingerprint density at radius 1 is 1.00 bits per heavy atom. The highest BCUT2D eigenvalue weighted by Gasteiger charge is 2.28. The highest BCUT2D eigenvalue weighted by atomic mass is 19.2. The lowest BCUT2D eigenvalue weighted by Gasteiger charge is -2.32. The molecule has 2 aromatic rings. The number of likely N-dealkylation sites (tertiary alicyclic amines) is 1. The molecule has 0 aromatic heterocycles. The summed E-state index contributed by atoms with van der Waals surface area (Å²) in [4.78, 5) is 17.2. The third kappa shape index (κ3) is 5.17. The number of benzene rings is 2. The summed E-state index contributed by atoms with van der Waals surface area (Å²) < 4.78 is 26.7. The van der Waals surface area contributed by atoms with Gasteiger partial charge in [-0.2, -0.15) is 0 Å². The van der Waals surface area contributed by atoms with Crippen LogP contribution < -0.4 is 10.2 Å². The molecule has 160 valence electrons. The Bertz CT molecular complexity index is 861. The van der Waals surface area contributed by atoms with Gasteiger partial charge in [0.25, 0.3) is 0 Å². The van der Waals surface area contributed by atoms with E-state index < -0.39 is 11.6 Å². The lowest BCUT2D eigenvalue weighted by Crippen LogP contribution is -2.43. The van der Waals surface area contributed by atoms with E-state index in [4.69, 9.17) is 0 Å². The van der Waals surface area contributed by atoms with Gasteiger partial charge in [0.15, 0.2) is 11.6 Å². The van der Waals surface area contributed by atoms with E-state index in [1.54, 1.807) is 6.07 Å². The summed E-state index contributed by atoms with van der Waals surface area (Å²) in [5.41, 5.74) is 1.98. The van der Waals surface area contributed by atoms with Crippen molar-refractivity contribution >= 4 is 11.6 Å². The maximum atomic E-state index is 13.5. The van der Waals surface area contributed by atoms with Crippen LogP contribution in [0.3, 0.4) is 0 Å². The number of halogens is 2. The lowest BCUT2D eigenvalue weighted by molar-refractivity contribution is -0.126. The first-order valence-corrected chi connectivity index (χ1v) is 10.8. The number of carbonyl (C=O) groups is 1. The molecule has 6 heteroatoms. The second-order valence-electron chi connectivity index (χ2n) is 8.50. The predicted octanol–water partition coefficient (Wildman–Crippen LogP) is 3.82. The zero-order valence-corrected chi connectivity index (χ0v) is 17.2. The highest BCUT2D eigenvalue weighted by molar-refractivity contribution is 5.79. The van der Waals surface area contributed by atoms with Crippen molar-refractivity contribution in [2.24, 2.45) is 11.8 Å². The number of amides is 1. The third-order valence-electron chi connectivity index (χ3n) is 6.24. The number of carbonyl (C=O) groups excluding carboxylic acids is 1. The largest absolute Gasteiger partial charge is 0.371 e. The van der Waals surface area contributed by atoms with Crippen LogP contribution in [0.4, 0.5) is 14.5 Å². The minimum Gasteiger partial charge on any atom is -0.371 e. The van der Waals surface area contributed by atoms with Crippen molar-refractivity contribution in [2.75, 3.05) is 37.6 Å². The topological polar surface area (TPSA) is 35.6 Å². The first-order chi connectivity index (χ1) is 14.6. The smallest absolute Gasteiger partial charge is 0.224 e. The molecule has 2 fully saturated rings. The molecule has 0 bridgehead atoms. The fourth-order valence-corrected chi connectivity index (χ4v) is 4.56. The summed E-state index contributed by atoms with van der Waals surface area (Å²) in [5.74, 6) is -1.14. The molecular weight excluding hydrogens is 384 g/mol. The van der Waals surface area contributed by atoms with Gasteiger partial charge in [0.2, 0.25) is 5.91 Å². The van der Waals surface area contributed by atoms with E-state index in [0.717, 1.165) is 52.0 Å². The van der Waals surface area contributed by atoms with Gasteiger partial charge in [-0.15, -0.1) is 0 Å². The fraction of sp³-hybridized carbons (Fsp3) is 0.458. The van der Waals surface area contributed by atoms with Crippen LogP contribution in [0, 0.1) is 23.5 Å². The molecule has 30 heavy (non-hydrogen) atoms. The Morgan fingerprint density at radius 3 is 2.63 bits per heavy atom. The van der Waals surface area contributed by atoms with Gasteiger partial charge in [-0.3, -0.25) is 9.69 Å². The summed E-state index contributed by atoms with van der Waals surface area (Å²) in [7, 11) is 0. The van der Waals surface area contributed by atoms with Crippen molar-refractivity contribution in [3.63, 3.8) is 0 Å². The van der Waals surface area contributed by atoms with Gasteiger partial charge in [-0.1, -0.05) is 30.3 Å². The Kier molecular flexibility index (Phi) is 6.62. The fourth-order valence-electron chi connectivity index (χ4n) is 4.56. The molecule has 2 saturated heterocycles. The minimum atomic E-state index is -0.824. The molecule has 2 aliphatic rings. The van der Waals surface area contributed by atoms with Gasteiger partial charge >= 0.3 is 0 Å². The number of piperidine rings is 1. The Hall–Kier alpha value is -2.47. The van der Waals surface area contributed by atoms with E-state index in [1.807, 2.05) is 6.07 Å². The summed E-state index contributed by atoms with van der Waals surface area (Å²) in [6.45, 7) is 4.89. The van der Waals surface area contributed by atoms with Gasteiger partial charge in [-0.25, -0.2) is 8.78 Å². The van der Waals surface area contributed by atoms with Crippen molar-refractivity contribution in [1.29, 1.82) is 0 Å². The summed E-state index contributed by atoms with van der Waals surface area (Å²) in [6, 6.07) is 14.4. The molecule has 0 radical (unpaired) electrons. The van der Waals surface area contributed by atoms with Crippen LogP contribution in [0.1, 0.15) is 24.8 Å². The monoisotopic (exact) mass is 413 g/mol. The second kappa shape index (κ2) is 9.56. The molecular formula is C24H29F2N3O. The molecule has 0 unspecified atom stereocenters. The van der Waals surface area contributed by atoms with Crippen molar-refractivity contribution in [3.05, 3.63) is 65.7 Å². The molecule has 4 nitrogen and oxygen atoms in total. The molecule has 1 N–H and O–H groups in total. The van der Waals surface area contributed by atoms with Gasteiger partial charge < -0.3 is 10.2 Å². The highest BCUT2D eigenvalue weighted by Crippen LogP contribution is 2.25. The predicted molar refractivity (Wildman–Crippen MR) is 114 cm³/mol. The first-order valence-electron chi connectivity index (χ1n) is 10.8.